The van der Waals surface area contributed by atoms with Crippen LogP contribution in [0.2, 0.25) is 0 Å². The van der Waals surface area contributed by atoms with E-state index in [0.29, 0.717) is 25.9 Å². The largest absolute Gasteiger partial charge is 0.490 e. The molecule has 0 fully saturated rings. The van der Waals surface area contributed by atoms with E-state index in [1.807, 2.05) is 6.92 Å². The number of aliphatic hydroxyl groups excluding tert-OH is 1. The van der Waals surface area contributed by atoms with Gasteiger partial charge in [-0.1, -0.05) is 6.92 Å². The van der Waals surface area contributed by atoms with Gasteiger partial charge in [-0.05, 0) is 75.6 Å². The molecule has 0 radical (unpaired) electrons. The Labute approximate surface area is 273 Å². The molecule has 0 aromatic heterocycles. The molecule has 2 amide bonds. The zero-order valence-corrected chi connectivity index (χ0v) is 27.7. The van der Waals surface area contributed by atoms with Crippen LogP contribution in [-0.4, -0.2) is 92.3 Å². The second kappa shape index (κ2) is 16.7. The van der Waals surface area contributed by atoms with E-state index < -0.39 is 71.3 Å². The monoisotopic (exact) mass is 689 g/mol. The number of aliphatic hydroxyl groups is 1. The Morgan fingerprint density at radius 1 is 1.15 bits per heavy atom. The molecule has 2 aromatic rings. The Bertz CT molecular complexity index is 1460. The smallest absolute Gasteiger partial charge is 0.389 e. The number of rotatable bonds is 9. The maximum Gasteiger partial charge on any atom is 0.389 e. The molecule has 3 rings (SSSR count). The number of benzene rings is 2. The number of anilines is 1. The van der Waals surface area contributed by atoms with Crippen LogP contribution in [0.25, 0.3) is 0 Å². The fourth-order valence-electron chi connectivity index (χ4n) is 5.08. The molecule has 10 nitrogen and oxygen atoms in total. The van der Waals surface area contributed by atoms with Gasteiger partial charge in [0, 0.05) is 44.8 Å². The molecule has 4 atom stereocenters. The summed E-state index contributed by atoms with van der Waals surface area (Å²) in [7, 11) is -2.62. The first-order chi connectivity index (χ1) is 22.0. The van der Waals surface area contributed by atoms with Gasteiger partial charge in [0.05, 0.1) is 41.7 Å². The topological polar surface area (TPSA) is 125 Å². The summed E-state index contributed by atoms with van der Waals surface area (Å²) in [6.07, 6.45) is -5.72. The highest BCUT2D eigenvalue weighted by atomic mass is 32.2. The summed E-state index contributed by atoms with van der Waals surface area (Å²) in [6.45, 7) is 5.07. The van der Waals surface area contributed by atoms with Crippen LogP contribution >= 0.6 is 0 Å². The fraction of sp³-hybridized carbons (Fsp3) is 0.562. The third-order valence-electron chi connectivity index (χ3n) is 7.93. The van der Waals surface area contributed by atoms with Crippen molar-refractivity contribution in [1.29, 1.82) is 0 Å². The maximum absolute atomic E-state index is 14.2. The lowest BCUT2D eigenvalue weighted by Crippen LogP contribution is -2.48. The van der Waals surface area contributed by atoms with Crippen LogP contribution < -0.4 is 10.1 Å². The highest BCUT2D eigenvalue weighted by Crippen LogP contribution is 2.29. The number of hydrogen-bond donors (Lipinski definition) is 2. The quantitative estimate of drug-likeness (QED) is 0.346. The van der Waals surface area contributed by atoms with Crippen molar-refractivity contribution in [3.63, 3.8) is 0 Å². The summed E-state index contributed by atoms with van der Waals surface area (Å²) in [6, 6.07) is 8.01. The van der Waals surface area contributed by atoms with Crippen LogP contribution in [0.1, 0.15) is 63.2 Å². The van der Waals surface area contributed by atoms with Crippen molar-refractivity contribution in [2.45, 2.75) is 82.2 Å². The summed E-state index contributed by atoms with van der Waals surface area (Å²) >= 11 is 0. The number of nitrogens with one attached hydrogen (secondary N) is 1. The predicted molar refractivity (Wildman–Crippen MR) is 167 cm³/mol. The van der Waals surface area contributed by atoms with E-state index >= 15 is 0 Å². The minimum Gasteiger partial charge on any atom is -0.490 e. The van der Waals surface area contributed by atoms with E-state index in [4.69, 9.17) is 9.47 Å². The van der Waals surface area contributed by atoms with Gasteiger partial charge in [0.2, 0.25) is 15.9 Å². The number of amides is 2. The second-order valence-electron chi connectivity index (χ2n) is 11.9. The molecule has 0 aliphatic carbocycles. The number of alkyl halides is 3. The van der Waals surface area contributed by atoms with Crippen molar-refractivity contribution >= 4 is 27.5 Å². The van der Waals surface area contributed by atoms with Gasteiger partial charge in [0.1, 0.15) is 11.6 Å². The van der Waals surface area contributed by atoms with E-state index in [1.54, 1.807) is 13.8 Å². The number of hydrogen-bond acceptors (Lipinski definition) is 7. The van der Waals surface area contributed by atoms with Gasteiger partial charge in [0.25, 0.3) is 5.91 Å². The number of likely N-dealkylation sites (N-methyl/N-ethyl adjacent to an activating group) is 1. The molecule has 1 aliphatic rings. The molecule has 0 spiro atoms. The van der Waals surface area contributed by atoms with Crippen molar-refractivity contribution in [2.24, 2.45) is 5.92 Å². The lowest BCUT2D eigenvalue weighted by Gasteiger charge is -2.35. The molecule has 47 heavy (non-hydrogen) atoms. The van der Waals surface area contributed by atoms with E-state index in [-0.39, 0.29) is 41.1 Å². The van der Waals surface area contributed by atoms with Crippen LogP contribution in [0, 0.1) is 11.7 Å². The van der Waals surface area contributed by atoms with Gasteiger partial charge < -0.3 is 24.8 Å². The van der Waals surface area contributed by atoms with Crippen molar-refractivity contribution in [3.8, 4) is 5.75 Å². The Morgan fingerprint density at radius 2 is 1.83 bits per heavy atom. The number of halogens is 4. The van der Waals surface area contributed by atoms with Gasteiger partial charge in [-0.2, -0.15) is 17.5 Å². The van der Waals surface area contributed by atoms with E-state index in [2.05, 4.69) is 5.32 Å². The van der Waals surface area contributed by atoms with Crippen LogP contribution in [-0.2, 0) is 19.6 Å². The maximum atomic E-state index is 14.2. The Kier molecular flexibility index (Phi) is 13.6. The first-order valence-corrected chi connectivity index (χ1v) is 16.9. The lowest BCUT2D eigenvalue weighted by molar-refractivity contribution is -0.142. The van der Waals surface area contributed by atoms with Gasteiger partial charge in [-0.25, -0.2) is 12.8 Å². The first-order valence-electron chi connectivity index (χ1n) is 15.4. The van der Waals surface area contributed by atoms with E-state index in [1.165, 1.54) is 42.3 Å². The van der Waals surface area contributed by atoms with E-state index in [9.17, 15) is 40.7 Å². The molecule has 0 unspecified atom stereocenters. The van der Waals surface area contributed by atoms with Crippen molar-refractivity contribution < 1.29 is 50.1 Å². The predicted octanol–water partition coefficient (Wildman–Crippen LogP) is 5.22. The van der Waals surface area contributed by atoms with Crippen molar-refractivity contribution in [3.05, 3.63) is 53.8 Å². The molecular weight excluding hydrogens is 646 g/mol. The average molecular weight is 690 g/mol. The number of fused-ring (bicyclic) bond motifs is 1. The summed E-state index contributed by atoms with van der Waals surface area (Å²) in [5, 5.41) is 12.5. The minimum atomic E-state index is -4.51. The number of carbonyl (C=O) groups excluding carboxylic acids is 2. The fourth-order valence-corrected chi connectivity index (χ4v) is 6.26. The molecule has 0 saturated heterocycles. The Hall–Kier alpha value is -3.27. The Balaban J connectivity index is 1.94. The third kappa shape index (κ3) is 11.2. The number of sulfonamides is 1. The van der Waals surface area contributed by atoms with Crippen molar-refractivity contribution in [1.82, 2.24) is 9.21 Å². The summed E-state index contributed by atoms with van der Waals surface area (Å²) < 4.78 is 91.4. The summed E-state index contributed by atoms with van der Waals surface area (Å²) in [4.78, 5) is 27.7. The van der Waals surface area contributed by atoms with Crippen LogP contribution in [0.5, 0.6) is 5.75 Å². The lowest BCUT2D eigenvalue weighted by atomic mass is 10.0. The second-order valence-corrected chi connectivity index (χ2v) is 14.0. The SMILES string of the molecule is C[C@@H]1CN([C@@H](C)CO)C(=O)c2cc(NC(=O)CCC(F)(F)F)ccc2O[C@@H](C)CCCCO[C@H]1CN(C)S(=O)(=O)c1ccc(F)cc1. The van der Waals surface area contributed by atoms with Crippen molar-refractivity contribution in [2.75, 3.05) is 38.7 Å². The molecule has 262 valence electrons. The molecule has 2 N–H and O–H groups in total. The highest BCUT2D eigenvalue weighted by molar-refractivity contribution is 7.89. The summed E-state index contributed by atoms with van der Waals surface area (Å²) in [5.41, 5.74) is 0.128. The molecular formula is C32H43F4N3O7S. The van der Waals surface area contributed by atoms with Gasteiger partial charge in [-0.15, -0.1) is 0 Å². The Morgan fingerprint density at radius 3 is 2.47 bits per heavy atom. The highest BCUT2D eigenvalue weighted by Gasteiger charge is 2.33. The van der Waals surface area contributed by atoms with E-state index in [0.717, 1.165) is 16.4 Å². The molecule has 1 heterocycles. The normalized spacial score (nSPS) is 21.0. The van der Waals surface area contributed by atoms with Crippen LogP contribution in [0.15, 0.2) is 47.4 Å². The first kappa shape index (κ1) is 38.2. The van der Waals surface area contributed by atoms with Gasteiger partial charge in [-0.3, -0.25) is 9.59 Å². The third-order valence-corrected chi connectivity index (χ3v) is 9.77. The van der Waals surface area contributed by atoms with Gasteiger partial charge in [0.15, 0.2) is 0 Å². The summed E-state index contributed by atoms with van der Waals surface area (Å²) in [5.74, 6) is -2.28. The number of carbonyl (C=O) groups is 2. The van der Waals surface area contributed by atoms with Crippen LogP contribution in [0.3, 0.4) is 0 Å². The minimum absolute atomic E-state index is 0.0207. The number of nitrogens with zero attached hydrogens (tertiary/aromatic N) is 2. The number of ether oxygens (including phenoxy) is 2. The molecule has 0 bridgehead atoms. The zero-order chi connectivity index (χ0) is 34.9. The molecule has 15 heteroatoms. The van der Waals surface area contributed by atoms with Crippen LogP contribution in [0.4, 0.5) is 23.2 Å². The van der Waals surface area contributed by atoms with Gasteiger partial charge >= 0.3 is 6.18 Å². The average Bonchev–Trinajstić information content (AvgIpc) is 3.01. The molecule has 0 saturated carbocycles. The molecule has 1 aliphatic heterocycles. The standard InChI is InChI=1S/C32H43F4N3O7S/c1-21-18-39(22(2)20-40)31(42)27-17-25(37-30(41)14-15-32(34,35)36)10-13-28(27)46-23(3)7-5-6-16-45-29(21)19-38(4)47(43,44)26-11-8-24(33)9-12-26/h8-13,17,21-23,29,40H,5-7,14-16,18-20H2,1-4H3,(H,37,41)/t21-,22+,23+,29+/m1/s1. The molecule has 2 aromatic carbocycles. The zero-order valence-electron chi connectivity index (χ0n) is 26.9.